The van der Waals surface area contributed by atoms with Crippen molar-refractivity contribution in [2.24, 2.45) is 0 Å². The summed E-state index contributed by atoms with van der Waals surface area (Å²) >= 11 is 6.57. The average molecular weight is 247 g/mol. The van der Waals surface area contributed by atoms with Gasteiger partial charge in [0.05, 0.1) is 8.66 Å². The Bertz CT molecular complexity index is 370. The second kappa shape index (κ2) is 2.69. The quantitative estimate of drug-likeness (QED) is 0.704. The molecule has 0 spiro atoms. The Morgan fingerprint density at radius 3 is 2.64 bits per heavy atom. The van der Waals surface area contributed by atoms with Gasteiger partial charge in [0, 0.05) is 9.40 Å². The zero-order valence-corrected chi connectivity index (χ0v) is 8.55. The summed E-state index contributed by atoms with van der Waals surface area (Å²) in [4.78, 5) is 11.2. The van der Waals surface area contributed by atoms with Crippen LogP contribution in [0.25, 0.3) is 9.40 Å². The number of carbonyl (C=O) groups is 1. The predicted octanol–water partition coefficient (Wildman–Crippen LogP) is 3.54. The van der Waals surface area contributed by atoms with E-state index in [1.807, 2.05) is 12.1 Å². The molecule has 0 aliphatic rings. The molecule has 0 saturated heterocycles. The van der Waals surface area contributed by atoms with E-state index < -0.39 is 0 Å². The maximum Gasteiger partial charge on any atom is 0.160 e. The summed E-state index contributed by atoms with van der Waals surface area (Å²) in [6.07, 6.45) is 0.894. The lowest BCUT2D eigenvalue weighted by Crippen LogP contribution is -1.62. The van der Waals surface area contributed by atoms with Crippen LogP contribution in [0.5, 0.6) is 0 Å². The fourth-order valence-electron chi connectivity index (χ4n) is 0.883. The summed E-state index contributed by atoms with van der Waals surface area (Å²) < 4.78 is 3.49. The van der Waals surface area contributed by atoms with Gasteiger partial charge in [-0.3, -0.25) is 4.79 Å². The van der Waals surface area contributed by atoms with Crippen molar-refractivity contribution in [2.75, 3.05) is 0 Å². The van der Waals surface area contributed by atoms with Gasteiger partial charge in [0.15, 0.2) is 6.29 Å². The highest BCUT2D eigenvalue weighted by atomic mass is 79.9. The topological polar surface area (TPSA) is 17.1 Å². The normalized spacial score (nSPS) is 10.6. The predicted molar refractivity (Wildman–Crippen MR) is 52.8 cm³/mol. The smallest absolute Gasteiger partial charge is 0.160 e. The minimum Gasteiger partial charge on any atom is -0.297 e. The van der Waals surface area contributed by atoms with Crippen LogP contribution in [0.2, 0.25) is 0 Å². The number of hydrogen-bond donors (Lipinski definition) is 0. The zero-order chi connectivity index (χ0) is 7.84. The third-order valence-corrected chi connectivity index (χ3v) is 4.03. The third kappa shape index (κ3) is 1.26. The molecule has 0 aromatic carbocycles. The molecule has 11 heavy (non-hydrogen) atoms. The van der Waals surface area contributed by atoms with E-state index in [0.717, 1.165) is 14.9 Å². The molecular weight excluding hydrogens is 244 g/mol. The number of aldehydes is 1. The second-order valence-electron chi connectivity index (χ2n) is 2.05. The highest BCUT2D eigenvalue weighted by Gasteiger charge is 2.03. The van der Waals surface area contributed by atoms with Crippen molar-refractivity contribution in [3.63, 3.8) is 0 Å². The van der Waals surface area contributed by atoms with E-state index in [-0.39, 0.29) is 0 Å². The zero-order valence-electron chi connectivity index (χ0n) is 5.33. The number of fused-ring (bicyclic) bond motifs is 1. The fraction of sp³-hybridized carbons (Fsp3) is 0. The molecule has 4 heteroatoms. The van der Waals surface area contributed by atoms with E-state index in [1.54, 1.807) is 11.3 Å². The Morgan fingerprint density at radius 1 is 1.27 bits per heavy atom. The van der Waals surface area contributed by atoms with Crippen molar-refractivity contribution < 1.29 is 4.79 Å². The van der Waals surface area contributed by atoms with Crippen LogP contribution in [0, 0.1) is 0 Å². The molecule has 0 N–H and O–H groups in total. The van der Waals surface area contributed by atoms with Gasteiger partial charge in [-0.15, -0.1) is 22.7 Å². The second-order valence-corrected chi connectivity index (χ2v) is 5.62. The molecule has 0 radical (unpaired) electrons. The van der Waals surface area contributed by atoms with Crippen molar-refractivity contribution in [3.05, 3.63) is 20.8 Å². The van der Waals surface area contributed by atoms with Gasteiger partial charge in [0.2, 0.25) is 0 Å². The first-order valence-electron chi connectivity index (χ1n) is 2.93. The van der Waals surface area contributed by atoms with E-state index in [4.69, 9.17) is 0 Å². The first-order valence-corrected chi connectivity index (χ1v) is 5.36. The Hall–Kier alpha value is -0.190. The molecule has 0 aliphatic heterocycles. The third-order valence-electron chi connectivity index (χ3n) is 1.31. The molecule has 2 aromatic rings. The van der Waals surface area contributed by atoms with E-state index in [1.165, 1.54) is 20.7 Å². The molecule has 0 aliphatic carbocycles. The Kier molecular flexibility index (Phi) is 1.83. The lowest BCUT2D eigenvalue weighted by Gasteiger charge is -1.73. The number of rotatable bonds is 1. The molecule has 0 bridgehead atoms. The molecular formula is C7H3BrOS2. The molecule has 0 saturated carbocycles. The fourth-order valence-corrected chi connectivity index (χ4v) is 3.73. The molecule has 0 atom stereocenters. The number of carbonyl (C=O) groups excluding carboxylic acids is 1. The van der Waals surface area contributed by atoms with Crippen LogP contribution in [0.15, 0.2) is 15.9 Å². The van der Waals surface area contributed by atoms with Crippen LogP contribution in [0.3, 0.4) is 0 Å². The molecule has 0 unspecified atom stereocenters. The van der Waals surface area contributed by atoms with Gasteiger partial charge in [0.25, 0.3) is 0 Å². The lowest BCUT2D eigenvalue weighted by atomic mass is 10.5. The van der Waals surface area contributed by atoms with Gasteiger partial charge in [0.1, 0.15) is 0 Å². The van der Waals surface area contributed by atoms with Gasteiger partial charge in [-0.1, -0.05) is 0 Å². The van der Waals surface area contributed by atoms with E-state index in [2.05, 4.69) is 15.9 Å². The summed E-state index contributed by atoms with van der Waals surface area (Å²) in [5.41, 5.74) is 0. The largest absolute Gasteiger partial charge is 0.297 e. The van der Waals surface area contributed by atoms with Gasteiger partial charge in [-0.25, -0.2) is 0 Å². The molecule has 2 heterocycles. The van der Waals surface area contributed by atoms with Gasteiger partial charge in [-0.2, -0.15) is 0 Å². The summed E-state index contributed by atoms with van der Waals surface area (Å²) in [5, 5.41) is 0. The van der Waals surface area contributed by atoms with Gasteiger partial charge >= 0.3 is 0 Å². The molecule has 2 rings (SSSR count). The van der Waals surface area contributed by atoms with Crippen molar-refractivity contribution in [1.29, 1.82) is 0 Å². The van der Waals surface area contributed by atoms with E-state index in [9.17, 15) is 4.79 Å². The highest BCUT2D eigenvalue weighted by Crippen LogP contribution is 2.34. The van der Waals surface area contributed by atoms with Gasteiger partial charge < -0.3 is 0 Å². The minimum atomic E-state index is 0.804. The van der Waals surface area contributed by atoms with Crippen LogP contribution in [0.1, 0.15) is 9.67 Å². The maximum atomic E-state index is 10.4. The number of halogens is 1. The Labute approximate surface area is 79.8 Å². The van der Waals surface area contributed by atoms with Crippen LogP contribution in [0.4, 0.5) is 0 Å². The Morgan fingerprint density at radius 2 is 2.00 bits per heavy atom. The molecule has 56 valence electrons. The van der Waals surface area contributed by atoms with Crippen molar-refractivity contribution in [2.45, 2.75) is 0 Å². The molecule has 0 amide bonds. The lowest BCUT2D eigenvalue weighted by molar-refractivity contribution is 0.112. The van der Waals surface area contributed by atoms with Crippen LogP contribution in [-0.4, -0.2) is 6.29 Å². The van der Waals surface area contributed by atoms with Crippen molar-refractivity contribution >= 4 is 54.3 Å². The first-order chi connectivity index (χ1) is 5.29. The average Bonchev–Trinajstić information content (AvgIpc) is 2.43. The van der Waals surface area contributed by atoms with Crippen LogP contribution in [-0.2, 0) is 0 Å². The van der Waals surface area contributed by atoms with Crippen LogP contribution >= 0.6 is 38.6 Å². The first kappa shape index (κ1) is 7.46. The molecule has 2 aromatic heterocycles. The standard InChI is InChI=1S/C7H3BrOS2/c8-7-2-6-5(11-7)1-4(3-9)10-6/h1-3H. The van der Waals surface area contributed by atoms with Gasteiger partial charge in [-0.05, 0) is 28.1 Å². The maximum absolute atomic E-state index is 10.4. The van der Waals surface area contributed by atoms with E-state index in [0.29, 0.717) is 0 Å². The van der Waals surface area contributed by atoms with Crippen molar-refractivity contribution in [3.8, 4) is 0 Å². The monoisotopic (exact) mass is 246 g/mol. The van der Waals surface area contributed by atoms with Crippen LogP contribution < -0.4 is 0 Å². The molecule has 0 fully saturated rings. The SMILES string of the molecule is O=Cc1cc2sc(Br)cc2s1. The highest BCUT2D eigenvalue weighted by molar-refractivity contribution is 9.11. The summed E-state index contributed by atoms with van der Waals surface area (Å²) in [6.45, 7) is 0. The number of thiophene rings is 2. The summed E-state index contributed by atoms with van der Waals surface area (Å²) in [6, 6.07) is 3.96. The minimum absolute atomic E-state index is 0.804. The summed E-state index contributed by atoms with van der Waals surface area (Å²) in [5.74, 6) is 0. The van der Waals surface area contributed by atoms with E-state index >= 15 is 0 Å². The summed E-state index contributed by atoms with van der Waals surface area (Å²) in [7, 11) is 0. The number of hydrogen-bond acceptors (Lipinski definition) is 3. The Balaban J connectivity index is 2.72. The van der Waals surface area contributed by atoms with Crippen molar-refractivity contribution in [1.82, 2.24) is 0 Å². The molecule has 1 nitrogen and oxygen atoms in total.